The monoisotopic (exact) mass is 302 g/mol. The number of rotatable bonds is 7. The number of ether oxygens (including phenoxy) is 2. The van der Waals surface area contributed by atoms with Crippen LogP contribution in [0.4, 0.5) is 5.69 Å². The minimum absolute atomic E-state index is 0.0693. The highest BCUT2D eigenvalue weighted by molar-refractivity contribution is 9.10. The highest BCUT2D eigenvalue weighted by atomic mass is 79.9. The van der Waals surface area contributed by atoms with Gasteiger partial charge in [-0.2, -0.15) is 0 Å². The molecule has 1 atom stereocenters. The van der Waals surface area contributed by atoms with Crippen LogP contribution in [0.5, 0.6) is 0 Å². The molecule has 0 radical (unpaired) electrons. The second-order valence-electron chi connectivity index (χ2n) is 3.79. The molecule has 0 heterocycles. The van der Waals surface area contributed by atoms with Crippen LogP contribution in [0, 0.1) is 0 Å². The number of methoxy groups -OCH3 is 2. The summed E-state index contributed by atoms with van der Waals surface area (Å²) in [5, 5.41) is 3.32. The molecule has 0 aliphatic rings. The average molecular weight is 303 g/mol. The van der Waals surface area contributed by atoms with E-state index in [9.17, 15) is 0 Å². The Kier molecular flexibility index (Phi) is 6.50. The van der Waals surface area contributed by atoms with E-state index in [1.807, 2.05) is 18.2 Å². The summed E-state index contributed by atoms with van der Waals surface area (Å²) in [5.74, 6) is 0. The Labute approximate surface area is 111 Å². The van der Waals surface area contributed by atoms with Gasteiger partial charge in [-0.3, -0.25) is 0 Å². The smallest absolute Gasteiger partial charge is 0.0928 e. The molecule has 0 saturated heterocycles. The minimum Gasteiger partial charge on any atom is -0.399 e. The maximum atomic E-state index is 5.74. The first-order chi connectivity index (χ1) is 8.17. The number of hydrogen-bond donors (Lipinski definition) is 2. The van der Waals surface area contributed by atoms with Crippen molar-refractivity contribution in [2.24, 2.45) is 0 Å². The van der Waals surface area contributed by atoms with Gasteiger partial charge in [-0.1, -0.05) is 15.9 Å². The van der Waals surface area contributed by atoms with Crippen LogP contribution in [0.3, 0.4) is 0 Å². The predicted octanol–water partition coefficient (Wildman–Crippen LogP) is 1.78. The zero-order valence-electron chi connectivity index (χ0n) is 10.2. The Balaban J connectivity index is 2.42. The molecule has 4 nitrogen and oxygen atoms in total. The van der Waals surface area contributed by atoms with Crippen molar-refractivity contribution in [2.75, 3.05) is 33.1 Å². The van der Waals surface area contributed by atoms with E-state index in [4.69, 9.17) is 15.2 Å². The lowest BCUT2D eigenvalue weighted by molar-refractivity contribution is 0.0288. The third kappa shape index (κ3) is 5.04. The molecular weight excluding hydrogens is 284 g/mol. The van der Waals surface area contributed by atoms with E-state index in [0.29, 0.717) is 6.61 Å². The molecule has 0 aromatic heterocycles. The van der Waals surface area contributed by atoms with E-state index in [1.54, 1.807) is 14.2 Å². The summed E-state index contributed by atoms with van der Waals surface area (Å²) in [5.41, 5.74) is 7.64. The van der Waals surface area contributed by atoms with Gasteiger partial charge in [0.15, 0.2) is 0 Å². The van der Waals surface area contributed by atoms with Crippen LogP contribution in [0.1, 0.15) is 5.56 Å². The molecule has 0 fully saturated rings. The second-order valence-corrected chi connectivity index (χ2v) is 4.65. The van der Waals surface area contributed by atoms with Crippen molar-refractivity contribution < 1.29 is 9.47 Å². The normalized spacial score (nSPS) is 12.6. The van der Waals surface area contributed by atoms with Gasteiger partial charge in [0.2, 0.25) is 0 Å². The number of nitrogen functional groups attached to an aromatic ring is 1. The molecule has 0 spiro atoms. The zero-order valence-corrected chi connectivity index (χ0v) is 11.8. The molecule has 1 aromatic rings. The molecule has 0 bridgehead atoms. The molecule has 17 heavy (non-hydrogen) atoms. The first-order valence-electron chi connectivity index (χ1n) is 5.43. The van der Waals surface area contributed by atoms with Crippen LogP contribution < -0.4 is 11.1 Å². The van der Waals surface area contributed by atoms with Gasteiger partial charge < -0.3 is 20.5 Å². The molecule has 0 aliphatic carbocycles. The number of nitrogens with one attached hydrogen (secondary N) is 1. The lowest BCUT2D eigenvalue weighted by Crippen LogP contribution is -2.31. The van der Waals surface area contributed by atoms with Crippen LogP contribution in [0.2, 0.25) is 0 Å². The zero-order chi connectivity index (χ0) is 12.7. The van der Waals surface area contributed by atoms with E-state index in [-0.39, 0.29) is 6.10 Å². The Morgan fingerprint density at radius 1 is 1.41 bits per heavy atom. The third-order valence-corrected chi connectivity index (χ3v) is 3.22. The van der Waals surface area contributed by atoms with Crippen LogP contribution >= 0.6 is 15.9 Å². The largest absolute Gasteiger partial charge is 0.399 e. The Hall–Kier alpha value is -0.620. The molecule has 1 rings (SSSR count). The van der Waals surface area contributed by atoms with Gasteiger partial charge in [0, 0.05) is 37.5 Å². The van der Waals surface area contributed by atoms with Gasteiger partial charge in [-0.25, -0.2) is 0 Å². The van der Waals surface area contributed by atoms with E-state index >= 15 is 0 Å². The van der Waals surface area contributed by atoms with E-state index < -0.39 is 0 Å². The first kappa shape index (κ1) is 14.4. The van der Waals surface area contributed by atoms with Crippen molar-refractivity contribution in [2.45, 2.75) is 12.6 Å². The molecule has 3 N–H and O–H groups in total. The highest BCUT2D eigenvalue weighted by Crippen LogP contribution is 2.19. The molecule has 0 saturated carbocycles. The van der Waals surface area contributed by atoms with Gasteiger partial charge in [-0.05, 0) is 23.8 Å². The average Bonchev–Trinajstić information content (AvgIpc) is 2.32. The lowest BCUT2D eigenvalue weighted by Gasteiger charge is -2.15. The summed E-state index contributed by atoms with van der Waals surface area (Å²) in [4.78, 5) is 0. The number of hydrogen-bond acceptors (Lipinski definition) is 4. The van der Waals surface area contributed by atoms with Gasteiger partial charge in [-0.15, -0.1) is 0 Å². The molecule has 0 amide bonds. The van der Waals surface area contributed by atoms with Crippen LogP contribution in [-0.4, -0.2) is 33.5 Å². The van der Waals surface area contributed by atoms with Crippen LogP contribution in [0.25, 0.3) is 0 Å². The number of benzene rings is 1. The van der Waals surface area contributed by atoms with Crippen molar-refractivity contribution in [3.05, 3.63) is 28.2 Å². The maximum Gasteiger partial charge on any atom is 0.0928 e. The van der Waals surface area contributed by atoms with Gasteiger partial charge in [0.05, 0.1) is 12.7 Å². The topological polar surface area (TPSA) is 56.5 Å². The summed E-state index contributed by atoms with van der Waals surface area (Å²) in [7, 11) is 3.35. The number of nitrogens with two attached hydrogens (primary N) is 1. The quantitative estimate of drug-likeness (QED) is 0.754. The van der Waals surface area contributed by atoms with Gasteiger partial charge in [0.1, 0.15) is 0 Å². The summed E-state index contributed by atoms with van der Waals surface area (Å²) in [6.45, 7) is 2.07. The Morgan fingerprint density at radius 2 is 2.18 bits per heavy atom. The standard InChI is InChI=1S/C12H19BrN2O2/c1-16-8-11(17-2)7-15-6-9-5-10(14)3-4-12(9)13/h3-5,11,15H,6-8,14H2,1-2H3. The summed E-state index contributed by atoms with van der Waals surface area (Å²) >= 11 is 3.49. The van der Waals surface area contributed by atoms with Crippen LogP contribution in [-0.2, 0) is 16.0 Å². The maximum absolute atomic E-state index is 5.74. The van der Waals surface area contributed by atoms with Gasteiger partial charge in [0.25, 0.3) is 0 Å². The van der Waals surface area contributed by atoms with Crippen LogP contribution in [0.15, 0.2) is 22.7 Å². The van der Waals surface area contributed by atoms with Crippen molar-refractivity contribution in [3.8, 4) is 0 Å². The summed E-state index contributed by atoms with van der Waals surface area (Å²) < 4.78 is 11.4. The summed E-state index contributed by atoms with van der Waals surface area (Å²) in [6, 6.07) is 5.78. The Morgan fingerprint density at radius 3 is 2.82 bits per heavy atom. The van der Waals surface area contributed by atoms with E-state index in [2.05, 4.69) is 21.2 Å². The minimum atomic E-state index is 0.0693. The van der Waals surface area contributed by atoms with E-state index in [0.717, 1.165) is 28.8 Å². The Bertz CT molecular complexity index is 347. The summed E-state index contributed by atoms with van der Waals surface area (Å²) in [6.07, 6.45) is 0.0693. The van der Waals surface area contributed by atoms with Crippen molar-refractivity contribution in [1.29, 1.82) is 0 Å². The third-order valence-electron chi connectivity index (χ3n) is 2.44. The lowest BCUT2D eigenvalue weighted by atomic mass is 10.2. The molecule has 5 heteroatoms. The fourth-order valence-corrected chi connectivity index (χ4v) is 1.88. The van der Waals surface area contributed by atoms with E-state index in [1.165, 1.54) is 0 Å². The van der Waals surface area contributed by atoms with Crippen molar-refractivity contribution >= 4 is 21.6 Å². The predicted molar refractivity (Wildman–Crippen MR) is 72.9 cm³/mol. The van der Waals surface area contributed by atoms with Crippen molar-refractivity contribution in [1.82, 2.24) is 5.32 Å². The number of anilines is 1. The SMILES string of the molecule is COCC(CNCc1cc(N)ccc1Br)OC. The molecule has 96 valence electrons. The second kappa shape index (κ2) is 7.66. The first-order valence-corrected chi connectivity index (χ1v) is 6.23. The highest BCUT2D eigenvalue weighted by Gasteiger charge is 2.06. The molecule has 1 unspecified atom stereocenters. The fraction of sp³-hybridized carbons (Fsp3) is 0.500. The fourth-order valence-electron chi connectivity index (χ4n) is 1.49. The number of halogens is 1. The molecular formula is C12H19BrN2O2. The van der Waals surface area contributed by atoms with Crippen molar-refractivity contribution in [3.63, 3.8) is 0 Å². The van der Waals surface area contributed by atoms with Gasteiger partial charge >= 0.3 is 0 Å². The molecule has 1 aromatic carbocycles. The molecule has 0 aliphatic heterocycles.